The Labute approximate surface area is 153 Å². The molecule has 1 heterocycles. The summed E-state index contributed by atoms with van der Waals surface area (Å²) in [6.07, 6.45) is 0. The molecule has 0 aliphatic heterocycles. The second-order valence-electron chi connectivity index (χ2n) is 5.43. The Kier molecular flexibility index (Phi) is 5.09. The maximum absolute atomic E-state index is 13.7. The highest BCUT2D eigenvalue weighted by molar-refractivity contribution is 6.30. The zero-order valence-corrected chi connectivity index (χ0v) is 14.3. The molecular formula is C18H13ClF2N4O. The van der Waals surface area contributed by atoms with Crippen molar-refractivity contribution in [3.8, 4) is 0 Å². The molecule has 0 fully saturated rings. The first-order valence-corrected chi connectivity index (χ1v) is 7.93. The molecule has 132 valence electrons. The molecule has 0 saturated carbocycles. The molecule has 0 unspecified atom stereocenters. The third kappa shape index (κ3) is 4.31. The maximum atomic E-state index is 13.7. The number of amides is 1. The molecule has 0 bridgehead atoms. The summed E-state index contributed by atoms with van der Waals surface area (Å²) in [7, 11) is 0. The number of nitrogens with zero attached hydrogens (tertiary/aromatic N) is 2. The molecule has 0 spiro atoms. The summed E-state index contributed by atoms with van der Waals surface area (Å²) in [5.41, 5.74) is 1.13. The smallest absolute Gasteiger partial charge is 0.274 e. The molecule has 5 nitrogen and oxygen atoms in total. The Balaban J connectivity index is 1.82. The van der Waals surface area contributed by atoms with Crippen molar-refractivity contribution in [3.63, 3.8) is 0 Å². The van der Waals surface area contributed by atoms with E-state index < -0.39 is 17.5 Å². The molecular weight excluding hydrogens is 362 g/mol. The van der Waals surface area contributed by atoms with Crippen LogP contribution in [0.25, 0.3) is 0 Å². The van der Waals surface area contributed by atoms with Gasteiger partial charge in [-0.25, -0.2) is 18.7 Å². The van der Waals surface area contributed by atoms with Crippen molar-refractivity contribution in [2.24, 2.45) is 0 Å². The van der Waals surface area contributed by atoms with Crippen LogP contribution in [-0.4, -0.2) is 15.9 Å². The van der Waals surface area contributed by atoms with Gasteiger partial charge in [-0.2, -0.15) is 0 Å². The number of nitrogens with one attached hydrogen (secondary N) is 2. The zero-order valence-electron chi connectivity index (χ0n) is 13.6. The van der Waals surface area contributed by atoms with Crippen LogP contribution in [-0.2, 0) is 0 Å². The van der Waals surface area contributed by atoms with E-state index in [1.54, 1.807) is 31.2 Å². The van der Waals surface area contributed by atoms with Gasteiger partial charge in [0.15, 0.2) is 0 Å². The van der Waals surface area contributed by atoms with Crippen molar-refractivity contribution in [2.45, 2.75) is 6.92 Å². The summed E-state index contributed by atoms with van der Waals surface area (Å²) in [5, 5.41) is 5.91. The van der Waals surface area contributed by atoms with Gasteiger partial charge in [-0.1, -0.05) is 11.6 Å². The Morgan fingerprint density at radius 2 is 1.77 bits per heavy atom. The average molecular weight is 375 g/mol. The normalized spacial score (nSPS) is 10.5. The summed E-state index contributed by atoms with van der Waals surface area (Å²) in [6, 6.07) is 11.2. The lowest BCUT2D eigenvalue weighted by Crippen LogP contribution is -2.16. The number of halogens is 3. The largest absolute Gasteiger partial charge is 0.324 e. The number of hydrogen-bond acceptors (Lipinski definition) is 4. The third-order valence-corrected chi connectivity index (χ3v) is 3.62. The number of hydrogen-bond donors (Lipinski definition) is 2. The van der Waals surface area contributed by atoms with Gasteiger partial charge in [0.25, 0.3) is 5.91 Å². The van der Waals surface area contributed by atoms with Gasteiger partial charge < -0.3 is 10.6 Å². The Morgan fingerprint density at radius 1 is 1.04 bits per heavy atom. The molecule has 8 heteroatoms. The predicted octanol–water partition coefficient (Wildman–Crippen LogP) is 4.71. The van der Waals surface area contributed by atoms with E-state index in [0.29, 0.717) is 22.5 Å². The molecule has 0 aliphatic rings. The first kappa shape index (κ1) is 17.8. The molecule has 1 aromatic heterocycles. The van der Waals surface area contributed by atoms with Gasteiger partial charge in [0, 0.05) is 22.5 Å². The minimum absolute atomic E-state index is 0.0395. The molecule has 0 radical (unpaired) electrons. The van der Waals surface area contributed by atoms with Crippen LogP contribution in [0, 0.1) is 18.6 Å². The quantitative estimate of drug-likeness (QED) is 0.694. The molecule has 3 rings (SSSR count). The number of carbonyl (C=O) groups excluding carboxylic acids is 1. The number of aryl methyl sites for hydroxylation is 1. The number of aromatic nitrogens is 2. The second-order valence-corrected chi connectivity index (χ2v) is 5.86. The molecule has 2 N–H and O–H groups in total. The SMILES string of the molecule is Cc1cc(C(=O)Nc2ccc(F)cc2F)nc(Nc2ccc(Cl)cc2)n1. The highest BCUT2D eigenvalue weighted by atomic mass is 35.5. The molecule has 26 heavy (non-hydrogen) atoms. The van der Waals surface area contributed by atoms with Gasteiger partial charge >= 0.3 is 0 Å². The molecule has 2 aromatic carbocycles. The third-order valence-electron chi connectivity index (χ3n) is 3.37. The molecule has 0 atom stereocenters. The lowest BCUT2D eigenvalue weighted by molar-refractivity contribution is 0.102. The second kappa shape index (κ2) is 7.45. The van der Waals surface area contributed by atoms with Crippen LogP contribution in [0.5, 0.6) is 0 Å². The fourth-order valence-corrected chi connectivity index (χ4v) is 2.31. The van der Waals surface area contributed by atoms with Crippen LogP contribution in [0.1, 0.15) is 16.2 Å². The van der Waals surface area contributed by atoms with E-state index in [1.165, 1.54) is 6.07 Å². The standard InChI is InChI=1S/C18H13ClF2N4O/c1-10-8-16(17(26)24-15-7-4-12(20)9-14(15)21)25-18(22-10)23-13-5-2-11(19)3-6-13/h2-9H,1H3,(H,24,26)(H,22,23,25). The van der Waals surface area contributed by atoms with Crippen LogP contribution >= 0.6 is 11.6 Å². The summed E-state index contributed by atoms with van der Waals surface area (Å²) in [5.74, 6) is -2.03. The van der Waals surface area contributed by atoms with Gasteiger partial charge in [-0.05, 0) is 49.4 Å². The summed E-state index contributed by atoms with van der Waals surface area (Å²) >= 11 is 5.84. The fraction of sp³-hybridized carbons (Fsp3) is 0.0556. The molecule has 0 aliphatic carbocycles. The van der Waals surface area contributed by atoms with Gasteiger partial charge in [0.1, 0.15) is 17.3 Å². The lowest BCUT2D eigenvalue weighted by Gasteiger charge is -2.09. The summed E-state index contributed by atoms with van der Waals surface area (Å²) in [4.78, 5) is 20.7. The van der Waals surface area contributed by atoms with Crippen LogP contribution < -0.4 is 10.6 Å². The minimum Gasteiger partial charge on any atom is -0.324 e. The Morgan fingerprint density at radius 3 is 2.46 bits per heavy atom. The van der Waals surface area contributed by atoms with E-state index in [1.807, 2.05) is 0 Å². The van der Waals surface area contributed by atoms with Crippen LogP contribution in [0.3, 0.4) is 0 Å². The number of rotatable bonds is 4. The Bertz CT molecular complexity index is 964. The number of benzene rings is 2. The lowest BCUT2D eigenvalue weighted by atomic mass is 10.2. The number of anilines is 3. The predicted molar refractivity (Wildman–Crippen MR) is 95.8 cm³/mol. The van der Waals surface area contributed by atoms with Gasteiger partial charge in [-0.3, -0.25) is 4.79 Å². The van der Waals surface area contributed by atoms with Gasteiger partial charge in [0.05, 0.1) is 5.69 Å². The summed E-state index contributed by atoms with van der Waals surface area (Å²) in [6.45, 7) is 1.70. The van der Waals surface area contributed by atoms with Crippen LogP contribution in [0.2, 0.25) is 5.02 Å². The van der Waals surface area contributed by atoms with E-state index in [2.05, 4.69) is 20.6 Å². The number of carbonyl (C=O) groups is 1. The minimum atomic E-state index is -0.872. The van der Waals surface area contributed by atoms with E-state index in [9.17, 15) is 13.6 Å². The fourth-order valence-electron chi connectivity index (χ4n) is 2.18. The zero-order chi connectivity index (χ0) is 18.7. The van der Waals surface area contributed by atoms with Crippen molar-refractivity contribution >= 4 is 34.8 Å². The first-order valence-electron chi connectivity index (χ1n) is 7.55. The van der Waals surface area contributed by atoms with E-state index >= 15 is 0 Å². The Hall–Kier alpha value is -3.06. The maximum Gasteiger partial charge on any atom is 0.274 e. The van der Waals surface area contributed by atoms with Crippen molar-refractivity contribution < 1.29 is 13.6 Å². The van der Waals surface area contributed by atoms with Gasteiger partial charge in [-0.15, -0.1) is 0 Å². The van der Waals surface area contributed by atoms with E-state index in [4.69, 9.17) is 11.6 Å². The van der Waals surface area contributed by atoms with Crippen molar-refractivity contribution in [2.75, 3.05) is 10.6 Å². The van der Waals surface area contributed by atoms with E-state index in [-0.39, 0.29) is 17.3 Å². The van der Waals surface area contributed by atoms with Crippen molar-refractivity contribution in [1.82, 2.24) is 9.97 Å². The molecule has 3 aromatic rings. The van der Waals surface area contributed by atoms with E-state index in [0.717, 1.165) is 12.1 Å². The van der Waals surface area contributed by atoms with Crippen molar-refractivity contribution in [3.05, 3.63) is 76.6 Å². The van der Waals surface area contributed by atoms with Crippen LogP contribution in [0.4, 0.5) is 26.1 Å². The topological polar surface area (TPSA) is 66.9 Å². The average Bonchev–Trinajstić information content (AvgIpc) is 2.59. The monoisotopic (exact) mass is 374 g/mol. The van der Waals surface area contributed by atoms with Crippen LogP contribution in [0.15, 0.2) is 48.5 Å². The van der Waals surface area contributed by atoms with Crippen molar-refractivity contribution in [1.29, 1.82) is 0 Å². The first-order chi connectivity index (χ1) is 12.4. The van der Waals surface area contributed by atoms with Gasteiger partial charge in [0.2, 0.25) is 5.95 Å². The summed E-state index contributed by atoms with van der Waals surface area (Å²) < 4.78 is 26.7. The molecule has 1 amide bonds. The highest BCUT2D eigenvalue weighted by Crippen LogP contribution is 2.19. The molecule has 0 saturated heterocycles. The highest BCUT2D eigenvalue weighted by Gasteiger charge is 2.13.